The van der Waals surface area contributed by atoms with Gasteiger partial charge in [0.05, 0.1) is 19.8 Å². The highest BCUT2D eigenvalue weighted by Crippen LogP contribution is 2.33. The summed E-state index contributed by atoms with van der Waals surface area (Å²) in [6.45, 7) is 2.27. The van der Waals surface area contributed by atoms with Crippen molar-refractivity contribution < 1.29 is 22.6 Å². The Hall–Kier alpha value is -3.25. The smallest absolute Gasteiger partial charge is 0.416 e. The molecule has 4 rings (SSSR count). The summed E-state index contributed by atoms with van der Waals surface area (Å²) in [5, 5.41) is 0. The van der Waals surface area contributed by atoms with Crippen LogP contribution >= 0.6 is 0 Å². The third kappa shape index (κ3) is 5.62. The maximum atomic E-state index is 13.1. The zero-order chi connectivity index (χ0) is 24.1. The number of rotatable bonds is 7. The lowest BCUT2D eigenvalue weighted by Crippen LogP contribution is -2.33. The minimum absolute atomic E-state index is 0.139. The van der Waals surface area contributed by atoms with Gasteiger partial charge in [0.25, 0.3) is 0 Å². The predicted molar refractivity (Wildman–Crippen MR) is 128 cm³/mol. The average Bonchev–Trinajstić information content (AvgIpc) is 2.87. The summed E-state index contributed by atoms with van der Waals surface area (Å²) in [6.07, 6.45) is -1.57. The van der Waals surface area contributed by atoms with Crippen LogP contribution in [-0.4, -0.2) is 38.8 Å². The van der Waals surface area contributed by atoms with Gasteiger partial charge in [-0.15, -0.1) is 0 Å². The molecule has 1 aliphatic rings. The van der Waals surface area contributed by atoms with Crippen LogP contribution in [0.1, 0.15) is 34.6 Å². The molecule has 3 aromatic rings. The molecule has 0 fully saturated rings. The van der Waals surface area contributed by atoms with Crippen LogP contribution in [-0.2, 0) is 6.18 Å². The first kappa shape index (κ1) is 23.9. The van der Waals surface area contributed by atoms with Gasteiger partial charge >= 0.3 is 6.18 Å². The van der Waals surface area contributed by atoms with Crippen molar-refractivity contribution in [3.05, 3.63) is 101 Å². The van der Waals surface area contributed by atoms with Gasteiger partial charge in [0.15, 0.2) is 0 Å². The molecular formula is C28H28F3NO2. The topological polar surface area (TPSA) is 21.7 Å². The van der Waals surface area contributed by atoms with Crippen LogP contribution in [0.15, 0.2) is 78.9 Å². The van der Waals surface area contributed by atoms with E-state index in [1.165, 1.54) is 23.3 Å². The van der Waals surface area contributed by atoms with E-state index in [1.54, 1.807) is 20.3 Å². The minimum atomic E-state index is -4.33. The van der Waals surface area contributed by atoms with Gasteiger partial charge in [-0.1, -0.05) is 42.5 Å². The van der Waals surface area contributed by atoms with Crippen LogP contribution in [0.25, 0.3) is 5.57 Å². The number of benzene rings is 3. The Morgan fingerprint density at radius 2 is 1.44 bits per heavy atom. The summed E-state index contributed by atoms with van der Waals surface area (Å²) in [5.41, 5.74) is 3.37. The second-order valence-electron chi connectivity index (χ2n) is 8.42. The molecule has 0 saturated heterocycles. The molecule has 0 N–H and O–H groups in total. The van der Waals surface area contributed by atoms with E-state index in [0.717, 1.165) is 36.2 Å². The summed E-state index contributed by atoms with van der Waals surface area (Å²) in [6, 6.07) is 21.8. The normalized spacial score (nSPS) is 14.7. The highest BCUT2D eigenvalue weighted by Gasteiger charge is 2.30. The Balaban J connectivity index is 1.53. The molecular weight excluding hydrogens is 439 g/mol. The van der Waals surface area contributed by atoms with Gasteiger partial charge in [0.1, 0.15) is 11.5 Å². The molecule has 3 aromatic carbocycles. The molecule has 1 heterocycles. The number of nitrogens with zero attached hydrogens (tertiary/aromatic N) is 1. The SMILES string of the molecule is COc1ccc(C(CN2CC=C(c3cccc(C(F)(F)F)c3)CC2)c2ccc(OC)cc2)cc1. The van der Waals surface area contributed by atoms with Crippen molar-refractivity contribution in [2.75, 3.05) is 33.9 Å². The van der Waals surface area contributed by atoms with E-state index in [0.29, 0.717) is 18.5 Å². The monoisotopic (exact) mass is 467 g/mol. The van der Waals surface area contributed by atoms with E-state index in [2.05, 4.69) is 35.2 Å². The first-order chi connectivity index (χ1) is 16.4. The van der Waals surface area contributed by atoms with Gasteiger partial charge in [-0.3, -0.25) is 4.90 Å². The van der Waals surface area contributed by atoms with Crippen LogP contribution in [0, 0.1) is 0 Å². The van der Waals surface area contributed by atoms with E-state index < -0.39 is 11.7 Å². The Kier molecular flexibility index (Phi) is 7.27. The summed E-state index contributed by atoms with van der Waals surface area (Å²) in [4.78, 5) is 2.34. The van der Waals surface area contributed by atoms with Gasteiger partial charge in [-0.25, -0.2) is 0 Å². The van der Waals surface area contributed by atoms with Crippen LogP contribution in [0.5, 0.6) is 11.5 Å². The Labute approximate surface area is 198 Å². The minimum Gasteiger partial charge on any atom is -0.497 e. The van der Waals surface area contributed by atoms with Crippen LogP contribution in [0.2, 0.25) is 0 Å². The van der Waals surface area contributed by atoms with Crippen LogP contribution in [0.4, 0.5) is 13.2 Å². The van der Waals surface area contributed by atoms with Crippen molar-refractivity contribution in [2.45, 2.75) is 18.5 Å². The largest absolute Gasteiger partial charge is 0.497 e. The summed E-state index contributed by atoms with van der Waals surface area (Å²) < 4.78 is 50.0. The van der Waals surface area contributed by atoms with E-state index in [-0.39, 0.29) is 5.92 Å². The number of ether oxygens (including phenoxy) is 2. The predicted octanol–water partition coefficient (Wildman–Crippen LogP) is 6.64. The van der Waals surface area contributed by atoms with Crippen molar-refractivity contribution >= 4 is 5.57 Å². The maximum Gasteiger partial charge on any atom is 0.416 e. The van der Waals surface area contributed by atoms with Gasteiger partial charge in [0.2, 0.25) is 0 Å². The van der Waals surface area contributed by atoms with Gasteiger partial charge in [-0.2, -0.15) is 13.2 Å². The third-order valence-corrected chi connectivity index (χ3v) is 6.33. The lowest BCUT2D eigenvalue weighted by Gasteiger charge is -2.31. The second kappa shape index (κ2) is 10.3. The molecule has 0 unspecified atom stereocenters. The Bertz CT molecular complexity index is 1070. The lowest BCUT2D eigenvalue weighted by molar-refractivity contribution is -0.137. The fourth-order valence-electron chi connectivity index (χ4n) is 4.37. The zero-order valence-corrected chi connectivity index (χ0v) is 19.3. The molecule has 0 amide bonds. The first-order valence-electron chi connectivity index (χ1n) is 11.2. The van der Waals surface area contributed by atoms with E-state index >= 15 is 0 Å². The fourth-order valence-corrected chi connectivity index (χ4v) is 4.37. The molecule has 0 saturated carbocycles. The maximum absolute atomic E-state index is 13.1. The fraction of sp³-hybridized carbons (Fsp3) is 0.286. The van der Waals surface area contributed by atoms with E-state index in [9.17, 15) is 13.2 Å². The number of alkyl halides is 3. The molecule has 0 bridgehead atoms. The van der Waals surface area contributed by atoms with Crippen molar-refractivity contribution in [3.63, 3.8) is 0 Å². The molecule has 3 nitrogen and oxygen atoms in total. The summed E-state index contributed by atoms with van der Waals surface area (Å²) in [5.74, 6) is 1.76. The van der Waals surface area contributed by atoms with Crippen molar-refractivity contribution in [1.29, 1.82) is 0 Å². The lowest BCUT2D eigenvalue weighted by atomic mass is 9.89. The van der Waals surface area contributed by atoms with Crippen LogP contribution in [0.3, 0.4) is 0 Å². The molecule has 0 spiro atoms. The molecule has 178 valence electrons. The van der Waals surface area contributed by atoms with Crippen LogP contribution < -0.4 is 9.47 Å². The molecule has 0 radical (unpaired) electrons. The number of hydrogen-bond donors (Lipinski definition) is 0. The molecule has 0 atom stereocenters. The summed E-state index contributed by atoms with van der Waals surface area (Å²) >= 11 is 0. The number of hydrogen-bond acceptors (Lipinski definition) is 3. The van der Waals surface area contributed by atoms with Crippen molar-refractivity contribution in [1.82, 2.24) is 4.90 Å². The Morgan fingerprint density at radius 3 is 1.91 bits per heavy atom. The Morgan fingerprint density at radius 1 is 0.853 bits per heavy atom. The van der Waals surface area contributed by atoms with Gasteiger partial charge < -0.3 is 9.47 Å². The van der Waals surface area contributed by atoms with Crippen molar-refractivity contribution in [2.24, 2.45) is 0 Å². The van der Waals surface area contributed by atoms with Gasteiger partial charge in [-0.05, 0) is 65.1 Å². The van der Waals surface area contributed by atoms with E-state index in [4.69, 9.17) is 9.47 Å². The highest BCUT2D eigenvalue weighted by atomic mass is 19.4. The third-order valence-electron chi connectivity index (χ3n) is 6.33. The van der Waals surface area contributed by atoms with E-state index in [1.807, 2.05) is 24.3 Å². The van der Waals surface area contributed by atoms with Gasteiger partial charge in [0, 0.05) is 25.6 Å². The standard InChI is InChI=1S/C28H28F3NO2/c1-33-25-10-6-21(7-11-25)27(22-8-12-26(34-2)13-9-22)19-32-16-14-20(15-17-32)23-4-3-5-24(18-23)28(29,30)31/h3-14,18,27H,15-17,19H2,1-2H3. The molecule has 0 aromatic heterocycles. The second-order valence-corrected chi connectivity index (χ2v) is 8.42. The highest BCUT2D eigenvalue weighted by molar-refractivity contribution is 5.67. The number of methoxy groups -OCH3 is 2. The molecule has 0 aliphatic carbocycles. The molecule has 6 heteroatoms. The molecule has 34 heavy (non-hydrogen) atoms. The first-order valence-corrected chi connectivity index (χ1v) is 11.2. The van der Waals surface area contributed by atoms with Crippen molar-refractivity contribution in [3.8, 4) is 11.5 Å². The zero-order valence-electron chi connectivity index (χ0n) is 19.3. The average molecular weight is 468 g/mol. The quantitative estimate of drug-likeness (QED) is 0.389. The molecule has 1 aliphatic heterocycles. The summed E-state index contributed by atoms with van der Waals surface area (Å²) in [7, 11) is 3.30. The number of halogens is 3.